The van der Waals surface area contributed by atoms with Crippen molar-refractivity contribution in [2.24, 2.45) is 11.7 Å². The number of amides is 2. The van der Waals surface area contributed by atoms with Gasteiger partial charge in [0.15, 0.2) is 0 Å². The van der Waals surface area contributed by atoms with Crippen LogP contribution in [0.3, 0.4) is 0 Å². The largest absolute Gasteiger partial charge is 0.366 e. The van der Waals surface area contributed by atoms with E-state index in [0.29, 0.717) is 12.1 Å². The van der Waals surface area contributed by atoms with Crippen LogP contribution in [0.4, 0.5) is 0 Å². The van der Waals surface area contributed by atoms with E-state index in [1.165, 1.54) is 6.42 Å². The van der Waals surface area contributed by atoms with Crippen LogP contribution in [0.25, 0.3) is 0 Å². The van der Waals surface area contributed by atoms with E-state index in [2.05, 4.69) is 5.32 Å². The predicted octanol–water partition coefficient (Wildman–Crippen LogP) is 1.98. The van der Waals surface area contributed by atoms with Crippen LogP contribution in [0.2, 0.25) is 0 Å². The number of rotatable bonds is 4. The first kappa shape index (κ1) is 13.6. The molecule has 102 valence electrons. The maximum atomic E-state index is 12.0. The third-order valence-corrected chi connectivity index (χ3v) is 3.68. The van der Waals surface area contributed by atoms with E-state index < -0.39 is 5.91 Å². The molecule has 4 nitrogen and oxygen atoms in total. The normalized spacial score (nSPS) is 16.0. The zero-order chi connectivity index (χ0) is 13.7. The topological polar surface area (TPSA) is 72.2 Å². The molecular formula is C15H20N2O2. The van der Waals surface area contributed by atoms with Gasteiger partial charge in [-0.1, -0.05) is 31.4 Å². The van der Waals surface area contributed by atoms with Crippen molar-refractivity contribution < 1.29 is 9.59 Å². The highest BCUT2D eigenvalue weighted by atomic mass is 16.2. The second-order valence-electron chi connectivity index (χ2n) is 5.11. The maximum Gasteiger partial charge on any atom is 0.248 e. The molecule has 0 radical (unpaired) electrons. The summed E-state index contributed by atoms with van der Waals surface area (Å²) < 4.78 is 0. The summed E-state index contributed by atoms with van der Waals surface area (Å²) in [6, 6.07) is 7.01. The molecule has 1 aromatic carbocycles. The molecule has 0 heterocycles. The summed E-state index contributed by atoms with van der Waals surface area (Å²) in [6.45, 7) is 0.508. The van der Waals surface area contributed by atoms with Gasteiger partial charge in [0.25, 0.3) is 0 Å². The van der Waals surface area contributed by atoms with Crippen LogP contribution in [0.5, 0.6) is 0 Å². The van der Waals surface area contributed by atoms with Gasteiger partial charge in [-0.2, -0.15) is 0 Å². The quantitative estimate of drug-likeness (QED) is 0.869. The number of carbonyl (C=O) groups excluding carboxylic acids is 2. The van der Waals surface area contributed by atoms with Crippen molar-refractivity contribution in [1.29, 1.82) is 0 Å². The summed E-state index contributed by atoms with van der Waals surface area (Å²) >= 11 is 0. The summed E-state index contributed by atoms with van der Waals surface area (Å²) in [6.07, 6.45) is 5.58. The maximum absolute atomic E-state index is 12.0. The molecule has 0 saturated heterocycles. The molecule has 3 N–H and O–H groups in total. The highest BCUT2D eigenvalue weighted by Gasteiger charge is 2.20. The van der Waals surface area contributed by atoms with E-state index in [4.69, 9.17) is 5.73 Å². The number of hydrogen-bond acceptors (Lipinski definition) is 2. The van der Waals surface area contributed by atoms with Gasteiger partial charge in [-0.3, -0.25) is 9.59 Å². The average Bonchev–Trinajstić information content (AvgIpc) is 2.46. The van der Waals surface area contributed by atoms with Gasteiger partial charge >= 0.3 is 0 Å². The molecule has 0 atom stereocenters. The summed E-state index contributed by atoms with van der Waals surface area (Å²) in [7, 11) is 0. The van der Waals surface area contributed by atoms with Crippen molar-refractivity contribution in [3.63, 3.8) is 0 Å². The van der Waals surface area contributed by atoms with Crippen LogP contribution in [0.1, 0.15) is 48.0 Å². The van der Waals surface area contributed by atoms with Crippen LogP contribution >= 0.6 is 0 Å². The molecule has 1 aromatic rings. The van der Waals surface area contributed by atoms with E-state index in [9.17, 15) is 9.59 Å². The van der Waals surface area contributed by atoms with Gasteiger partial charge in [0.05, 0.1) is 0 Å². The molecule has 0 aromatic heterocycles. The zero-order valence-electron chi connectivity index (χ0n) is 11.0. The van der Waals surface area contributed by atoms with Crippen LogP contribution in [-0.2, 0) is 11.3 Å². The molecule has 1 aliphatic carbocycles. The number of primary amides is 1. The van der Waals surface area contributed by atoms with Crippen molar-refractivity contribution in [3.05, 3.63) is 35.4 Å². The Morgan fingerprint density at radius 3 is 2.32 bits per heavy atom. The molecule has 2 rings (SSSR count). The smallest absolute Gasteiger partial charge is 0.248 e. The summed E-state index contributed by atoms with van der Waals surface area (Å²) in [4.78, 5) is 22.9. The molecule has 2 amide bonds. The third kappa shape index (κ3) is 3.81. The van der Waals surface area contributed by atoms with Crippen molar-refractivity contribution in [2.75, 3.05) is 0 Å². The minimum Gasteiger partial charge on any atom is -0.366 e. The minimum absolute atomic E-state index is 0.152. The molecule has 0 unspecified atom stereocenters. The first-order chi connectivity index (χ1) is 9.16. The van der Waals surface area contributed by atoms with Crippen molar-refractivity contribution in [2.45, 2.75) is 38.6 Å². The van der Waals surface area contributed by atoms with E-state index in [0.717, 1.165) is 31.2 Å². The lowest BCUT2D eigenvalue weighted by Gasteiger charge is -2.20. The number of benzene rings is 1. The molecule has 4 heteroatoms. The van der Waals surface area contributed by atoms with Gasteiger partial charge in [0, 0.05) is 18.0 Å². The van der Waals surface area contributed by atoms with Crippen LogP contribution in [0, 0.1) is 5.92 Å². The Labute approximate surface area is 113 Å². The highest BCUT2D eigenvalue weighted by molar-refractivity contribution is 5.92. The molecule has 1 fully saturated rings. The summed E-state index contributed by atoms with van der Waals surface area (Å²) in [5.41, 5.74) is 6.64. The molecule has 0 bridgehead atoms. The Kier molecular flexibility index (Phi) is 4.55. The lowest BCUT2D eigenvalue weighted by Crippen LogP contribution is -2.31. The van der Waals surface area contributed by atoms with E-state index in [1.54, 1.807) is 12.1 Å². The summed E-state index contributed by atoms with van der Waals surface area (Å²) in [5, 5.41) is 2.96. The fourth-order valence-corrected chi connectivity index (χ4v) is 2.49. The average molecular weight is 260 g/mol. The summed E-state index contributed by atoms with van der Waals surface area (Å²) in [5.74, 6) is -0.102. The standard InChI is InChI=1S/C15H20N2O2/c16-14(18)12-8-6-11(7-9-12)10-17-15(19)13-4-2-1-3-5-13/h6-9,13H,1-5,10H2,(H2,16,18)(H,17,19). The lowest BCUT2D eigenvalue weighted by atomic mass is 9.88. The predicted molar refractivity (Wildman–Crippen MR) is 73.4 cm³/mol. The van der Waals surface area contributed by atoms with Crippen molar-refractivity contribution in [1.82, 2.24) is 5.32 Å². The fraction of sp³-hybridized carbons (Fsp3) is 0.467. The monoisotopic (exact) mass is 260 g/mol. The molecule has 1 saturated carbocycles. The van der Waals surface area contributed by atoms with Gasteiger partial charge in [-0.15, -0.1) is 0 Å². The van der Waals surface area contributed by atoms with Gasteiger partial charge < -0.3 is 11.1 Å². The lowest BCUT2D eigenvalue weighted by molar-refractivity contribution is -0.126. The Hall–Kier alpha value is -1.84. The Balaban J connectivity index is 1.84. The van der Waals surface area contributed by atoms with Crippen molar-refractivity contribution >= 4 is 11.8 Å². The molecular weight excluding hydrogens is 240 g/mol. The van der Waals surface area contributed by atoms with E-state index in [-0.39, 0.29) is 11.8 Å². The number of hydrogen-bond donors (Lipinski definition) is 2. The number of nitrogens with one attached hydrogen (secondary N) is 1. The van der Waals surface area contributed by atoms with E-state index >= 15 is 0 Å². The highest BCUT2D eigenvalue weighted by Crippen LogP contribution is 2.23. The van der Waals surface area contributed by atoms with Gasteiger partial charge in [-0.05, 0) is 30.5 Å². The molecule has 0 spiro atoms. The van der Waals surface area contributed by atoms with Gasteiger partial charge in [-0.25, -0.2) is 0 Å². The van der Waals surface area contributed by atoms with E-state index in [1.807, 2.05) is 12.1 Å². The fourth-order valence-electron chi connectivity index (χ4n) is 2.49. The SMILES string of the molecule is NC(=O)c1ccc(CNC(=O)C2CCCCC2)cc1. The van der Waals surface area contributed by atoms with Crippen molar-refractivity contribution in [3.8, 4) is 0 Å². The number of carbonyl (C=O) groups is 2. The molecule has 0 aliphatic heterocycles. The second-order valence-corrected chi connectivity index (χ2v) is 5.11. The molecule has 1 aliphatic rings. The zero-order valence-corrected chi connectivity index (χ0v) is 11.0. The van der Waals surface area contributed by atoms with Crippen LogP contribution in [0.15, 0.2) is 24.3 Å². The van der Waals surface area contributed by atoms with Crippen LogP contribution in [-0.4, -0.2) is 11.8 Å². The second kappa shape index (κ2) is 6.36. The Morgan fingerprint density at radius 2 is 1.74 bits per heavy atom. The number of nitrogens with two attached hydrogens (primary N) is 1. The Morgan fingerprint density at radius 1 is 1.11 bits per heavy atom. The first-order valence-electron chi connectivity index (χ1n) is 6.83. The van der Waals surface area contributed by atoms with Gasteiger partial charge in [0.2, 0.25) is 11.8 Å². The third-order valence-electron chi connectivity index (χ3n) is 3.68. The first-order valence-corrected chi connectivity index (χ1v) is 6.83. The van der Waals surface area contributed by atoms with Crippen LogP contribution < -0.4 is 11.1 Å². The Bertz CT molecular complexity index is 448. The molecule has 19 heavy (non-hydrogen) atoms. The minimum atomic E-state index is -0.433. The van der Waals surface area contributed by atoms with Gasteiger partial charge in [0.1, 0.15) is 0 Å².